The van der Waals surface area contributed by atoms with Crippen molar-refractivity contribution in [3.8, 4) is 0 Å². The maximum Gasteiger partial charge on any atom is 0.187 e. The number of ether oxygens (including phenoxy) is 6. The zero-order chi connectivity index (χ0) is 46.0. The van der Waals surface area contributed by atoms with Crippen molar-refractivity contribution in [1.82, 2.24) is 0 Å². The van der Waals surface area contributed by atoms with Gasteiger partial charge in [0.15, 0.2) is 24.7 Å². The van der Waals surface area contributed by atoms with Gasteiger partial charge in [0.25, 0.3) is 0 Å². The van der Waals surface area contributed by atoms with Crippen molar-refractivity contribution in [1.29, 1.82) is 0 Å². The van der Waals surface area contributed by atoms with Crippen LogP contribution in [0, 0.1) is 44.8 Å². The van der Waals surface area contributed by atoms with Gasteiger partial charge in [0.2, 0.25) is 0 Å². The number of aliphatic hydroxyl groups excluding tert-OH is 10. The van der Waals surface area contributed by atoms with Crippen LogP contribution in [0.15, 0.2) is 11.6 Å². The van der Waals surface area contributed by atoms with Crippen molar-refractivity contribution in [3.05, 3.63) is 11.6 Å². The van der Waals surface area contributed by atoms with Gasteiger partial charge in [-0.15, -0.1) is 0 Å². The number of allylic oxidation sites excluding steroid dienone is 1. The Morgan fingerprint density at radius 1 is 0.714 bits per heavy atom. The first-order valence-corrected chi connectivity index (χ1v) is 22.9. The van der Waals surface area contributed by atoms with Crippen LogP contribution < -0.4 is 0 Å². The average Bonchev–Trinajstić information content (AvgIpc) is 3.22. The second-order valence-corrected chi connectivity index (χ2v) is 22.2. The van der Waals surface area contributed by atoms with E-state index in [2.05, 4.69) is 40.7 Å². The van der Waals surface area contributed by atoms with Crippen LogP contribution in [-0.4, -0.2) is 186 Å². The molecule has 11 N–H and O–H groups in total. The molecule has 0 aromatic heterocycles. The lowest BCUT2D eigenvalue weighted by molar-refractivity contribution is -0.376. The highest BCUT2D eigenvalue weighted by molar-refractivity contribution is 5.91. The Kier molecular flexibility index (Phi) is 12.8. The predicted molar refractivity (Wildman–Crippen MR) is 217 cm³/mol. The quantitative estimate of drug-likeness (QED) is 0.100. The molecule has 63 heavy (non-hydrogen) atoms. The lowest BCUT2D eigenvalue weighted by atomic mass is 9.34. The van der Waals surface area contributed by atoms with E-state index in [0.29, 0.717) is 25.7 Å². The van der Waals surface area contributed by atoms with Gasteiger partial charge in [-0.25, -0.2) is 0 Å². The molecular formula is C45H72O18. The lowest BCUT2D eigenvalue weighted by Gasteiger charge is -2.71. The van der Waals surface area contributed by atoms with Crippen LogP contribution >= 0.6 is 0 Å². The Morgan fingerprint density at radius 2 is 1.37 bits per heavy atom. The first-order chi connectivity index (χ1) is 29.4. The normalized spacial score (nSPS) is 55.8. The summed E-state index contributed by atoms with van der Waals surface area (Å²) in [6, 6.07) is 0. The van der Waals surface area contributed by atoms with Gasteiger partial charge in [0, 0.05) is 23.2 Å². The lowest BCUT2D eigenvalue weighted by Crippen LogP contribution is -2.70. The highest BCUT2D eigenvalue weighted by Crippen LogP contribution is 2.74. The van der Waals surface area contributed by atoms with Crippen LogP contribution in [0.3, 0.4) is 0 Å². The van der Waals surface area contributed by atoms with Crippen LogP contribution in [0.5, 0.6) is 0 Å². The SMILES string of the molecule is CC1(C)CCC2(O)C(=O)CC3(C)C(=CCC4C5(C)CC(O)C(OC6OCC(O)C(O)C6OC6OC(COC7OCC(O)C(O)C7O)C(O)C(O)C6O)C(C)(CO)C5CCC43C)C2C1. The minimum Gasteiger partial charge on any atom is -0.396 e. The maximum absolute atomic E-state index is 14.1. The topological polar surface area (TPSA) is 295 Å². The first kappa shape index (κ1) is 48.2. The van der Waals surface area contributed by atoms with E-state index in [9.17, 15) is 61.0 Å². The van der Waals surface area contributed by atoms with Crippen LogP contribution in [0.4, 0.5) is 0 Å². The third kappa shape index (κ3) is 7.54. The fraction of sp³-hybridized carbons (Fsp3) is 0.933. The summed E-state index contributed by atoms with van der Waals surface area (Å²) in [6.07, 6.45) is -16.6. The minimum absolute atomic E-state index is 0.0122. The van der Waals surface area contributed by atoms with Gasteiger partial charge >= 0.3 is 0 Å². The Hall–Kier alpha value is -1.27. The van der Waals surface area contributed by atoms with Gasteiger partial charge in [0.1, 0.15) is 66.6 Å². The number of aliphatic hydroxyl groups is 11. The zero-order valence-electron chi connectivity index (χ0n) is 37.2. The number of ketones is 1. The van der Waals surface area contributed by atoms with E-state index in [0.717, 1.165) is 12.8 Å². The summed E-state index contributed by atoms with van der Waals surface area (Å²) in [5, 5.41) is 120. The number of rotatable bonds is 8. The molecule has 23 atom stereocenters. The smallest absolute Gasteiger partial charge is 0.187 e. The van der Waals surface area contributed by atoms with Crippen molar-refractivity contribution >= 4 is 5.78 Å². The number of fused-ring (bicyclic) bond motifs is 7. The molecule has 3 heterocycles. The fourth-order valence-corrected chi connectivity index (χ4v) is 14.1. The van der Waals surface area contributed by atoms with Crippen molar-refractivity contribution < 1.29 is 89.4 Å². The number of Topliss-reactive ketones (excluding diaryl/α,β-unsaturated/α-hetero) is 1. The van der Waals surface area contributed by atoms with Gasteiger partial charge in [-0.2, -0.15) is 0 Å². The first-order valence-electron chi connectivity index (χ1n) is 22.9. The maximum atomic E-state index is 14.1. The molecule has 8 rings (SSSR count). The van der Waals surface area contributed by atoms with Gasteiger partial charge in [-0.1, -0.05) is 53.2 Å². The summed E-state index contributed by atoms with van der Waals surface area (Å²) in [4.78, 5) is 14.1. The number of carbonyl (C=O) groups is 1. The highest BCUT2D eigenvalue weighted by atomic mass is 16.8. The summed E-state index contributed by atoms with van der Waals surface area (Å²) in [7, 11) is 0. The van der Waals surface area contributed by atoms with Crippen molar-refractivity contribution in [2.24, 2.45) is 44.8 Å². The summed E-state index contributed by atoms with van der Waals surface area (Å²) >= 11 is 0. The molecule has 0 spiro atoms. The van der Waals surface area contributed by atoms with Gasteiger partial charge in [0.05, 0.1) is 38.6 Å². The molecule has 4 saturated carbocycles. The molecule has 0 aromatic rings. The molecule has 3 saturated heterocycles. The molecule has 5 aliphatic carbocycles. The van der Waals surface area contributed by atoms with E-state index in [1.165, 1.54) is 5.57 Å². The predicted octanol–water partition coefficient (Wildman–Crippen LogP) is -1.23. The molecule has 7 fully saturated rings. The van der Waals surface area contributed by atoms with Crippen LogP contribution in [0.1, 0.15) is 92.9 Å². The van der Waals surface area contributed by atoms with Crippen molar-refractivity contribution in [2.45, 2.75) is 191 Å². The zero-order valence-corrected chi connectivity index (χ0v) is 37.2. The van der Waals surface area contributed by atoms with Crippen molar-refractivity contribution in [3.63, 3.8) is 0 Å². The average molecular weight is 901 g/mol. The number of hydrogen-bond acceptors (Lipinski definition) is 18. The van der Waals surface area contributed by atoms with Crippen LogP contribution in [0.25, 0.3) is 0 Å². The summed E-state index contributed by atoms with van der Waals surface area (Å²) in [5.41, 5.74) is -2.79. The molecule has 0 amide bonds. The van der Waals surface area contributed by atoms with Crippen LogP contribution in [-0.2, 0) is 33.2 Å². The number of carbonyl (C=O) groups excluding carboxylic acids is 1. The summed E-state index contributed by atoms with van der Waals surface area (Å²) in [6.45, 7) is 11.2. The fourth-order valence-electron chi connectivity index (χ4n) is 14.1. The van der Waals surface area contributed by atoms with Gasteiger partial charge < -0.3 is 84.6 Å². The molecule has 0 radical (unpaired) electrons. The minimum atomic E-state index is -1.90. The molecule has 18 nitrogen and oxygen atoms in total. The van der Waals surface area contributed by atoms with Crippen molar-refractivity contribution in [2.75, 3.05) is 26.4 Å². The molecule has 23 unspecified atom stereocenters. The van der Waals surface area contributed by atoms with E-state index < -0.39 is 134 Å². The molecule has 8 aliphatic rings. The van der Waals surface area contributed by atoms with Gasteiger partial charge in [-0.3, -0.25) is 4.79 Å². The Labute approximate surface area is 368 Å². The van der Waals surface area contributed by atoms with Crippen LogP contribution in [0.2, 0.25) is 0 Å². The van der Waals surface area contributed by atoms with E-state index in [-0.39, 0.29) is 53.8 Å². The van der Waals surface area contributed by atoms with E-state index in [4.69, 9.17) is 28.4 Å². The standard InChI is InChI=1S/C45H72O18/c1-40(2)11-12-45(57)21(13-40)20-7-8-27-41(3)14-22(47)36(42(4,19-46)26(41)9-10-43(27,5)44(20,6)15-28(45)50)63-39-35(30(52)24(49)17-59-39)62-38-34(56)32(54)31(53)25(61-38)18-60-37-33(55)29(51)23(48)16-58-37/h7,21-27,29-39,46-49,51-57H,8-19H2,1-6H3. The Bertz CT molecular complexity index is 1730. The second-order valence-electron chi connectivity index (χ2n) is 22.2. The third-order valence-corrected chi connectivity index (χ3v) is 18.0. The summed E-state index contributed by atoms with van der Waals surface area (Å²) in [5.74, 6) is -0.582. The van der Waals surface area contributed by atoms with E-state index >= 15 is 0 Å². The molecule has 3 aliphatic heterocycles. The Morgan fingerprint density at radius 3 is 2.05 bits per heavy atom. The second kappa shape index (κ2) is 16.8. The monoisotopic (exact) mass is 900 g/mol. The molecular weight excluding hydrogens is 828 g/mol. The Balaban J connectivity index is 1.02. The summed E-state index contributed by atoms with van der Waals surface area (Å²) < 4.78 is 35.1. The highest BCUT2D eigenvalue weighted by Gasteiger charge is 2.71. The van der Waals surface area contributed by atoms with E-state index in [1.54, 1.807) is 0 Å². The van der Waals surface area contributed by atoms with E-state index in [1.807, 2.05) is 6.92 Å². The third-order valence-electron chi connectivity index (χ3n) is 18.0. The van der Waals surface area contributed by atoms with Gasteiger partial charge in [-0.05, 0) is 73.0 Å². The molecule has 0 aromatic carbocycles. The number of hydrogen-bond donors (Lipinski definition) is 11. The molecule has 0 bridgehead atoms. The largest absolute Gasteiger partial charge is 0.396 e. The molecule has 360 valence electrons. The molecule has 18 heteroatoms.